The molecule has 232 valence electrons. The van der Waals surface area contributed by atoms with Gasteiger partial charge in [-0.05, 0) is 79.4 Å². The van der Waals surface area contributed by atoms with Crippen LogP contribution in [0.3, 0.4) is 0 Å². The summed E-state index contributed by atoms with van der Waals surface area (Å²) in [5, 5.41) is 22.0. The number of H-pyrrole nitrogens is 1. The number of aromatic nitrogens is 3. The Morgan fingerprint density at radius 2 is 1.66 bits per heavy atom. The molecular weight excluding hydrogens is 608 g/mol. The Morgan fingerprint density at radius 1 is 1.00 bits per heavy atom. The van der Waals surface area contributed by atoms with Gasteiger partial charge in [-0.1, -0.05) is 43.3 Å². The van der Waals surface area contributed by atoms with Crippen LogP contribution in [0.5, 0.6) is 0 Å². The summed E-state index contributed by atoms with van der Waals surface area (Å²) in [6, 6.07) is 15.6. The summed E-state index contributed by atoms with van der Waals surface area (Å²) >= 11 is 7.11. The van der Waals surface area contributed by atoms with Crippen LogP contribution >= 0.6 is 23.4 Å². The van der Waals surface area contributed by atoms with Crippen LogP contribution < -0.4 is 5.32 Å². The highest BCUT2D eigenvalue weighted by Crippen LogP contribution is 2.23. The van der Waals surface area contributed by atoms with Gasteiger partial charge in [0.25, 0.3) is 11.8 Å². The molecule has 2 amide bonds. The van der Waals surface area contributed by atoms with E-state index in [0.29, 0.717) is 34.7 Å². The smallest absolute Gasteiger partial charge is 0.253 e. The molecule has 3 aromatic carbocycles. The van der Waals surface area contributed by atoms with Crippen molar-refractivity contribution in [2.24, 2.45) is 0 Å². The van der Waals surface area contributed by atoms with Gasteiger partial charge in [0.15, 0.2) is 5.82 Å². The predicted octanol–water partition coefficient (Wildman–Crippen LogP) is 6.16. The van der Waals surface area contributed by atoms with Gasteiger partial charge in [0.2, 0.25) is 5.16 Å². The molecule has 1 heterocycles. The van der Waals surface area contributed by atoms with E-state index in [1.165, 1.54) is 6.07 Å². The number of hydrogen-bond acceptors (Lipinski definition) is 6. The molecule has 0 radical (unpaired) electrons. The van der Waals surface area contributed by atoms with Crippen LogP contribution in [0.4, 0.5) is 8.78 Å². The molecule has 0 saturated heterocycles. The normalized spacial score (nSPS) is 12.5. The number of thioether (sulfide) groups is 1. The van der Waals surface area contributed by atoms with Gasteiger partial charge in [-0.3, -0.25) is 14.7 Å². The molecule has 0 bridgehead atoms. The van der Waals surface area contributed by atoms with Crippen molar-refractivity contribution in [3.8, 4) is 11.4 Å². The van der Waals surface area contributed by atoms with Crippen molar-refractivity contribution < 1.29 is 23.5 Å². The van der Waals surface area contributed by atoms with Crippen LogP contribution in [0.15, 0.2) is 71.9 Å². The average molecular weight is 642 g/mol. The fourth-order valence-electron chi connectivity index (χ4n) is 4.67. The van der Waals surface area contributed by atoms with Crippen molar-refractivity contribution in [3.63, 3.8) is 0 Å². The summed E-state index contributed by atoms with van der Waals surface area (Å²) in [7, 11) is 0. The highest BCUT2D eigenvalue weighted by Gasteiger charge is 2.25. The van der Waals surface area contributed by atoms with Crippen molar-refractivity contribution in [3.05, 3.63) is 100 Å². The van der Waals surface area contributed by atoms with Gasteiger partial charge in [0.1, 0.15) is 11.6 Å². The number of nitrogens with zero attached hydrogens (tertiary/aromatic N) is 3. The summed E-state index contributed by atoms with van der Waals surface area (Å²) < 4.78 is 28.0. The molecule has 0 aliphatic carbocycles. The van der Waals surface area contributed by atoms with Crippen LogP contribution in [0, 0.1) is 11.6 Å². The van der Waals surface area contributed by atoms with Crippen molar-refractivity contribution in [1.29, 1.82) is 0 Å². The number of nitrogens with one attached hydrogen (secondary N) is 2. The summed E-state index contributed by atoms with van der Waals surface area (Å²) in [5.41, 5.74) is 1.64. The highest BCUT2D eigenvalue weighted by atomic mass is 35.5. The van der Waals surface area contributed by atoms with Gasteiger partial charge >= 0.3 is 0 Å². The molecular formula is C32H34ClF2N5O3S. The van der Waals surface area contributed by atoms with E-state index in [1.807, 2.05) is 13.8 Å². The number of rotatable bonds is 14. The molecule has 0 spiro atoms. The fraction of sp³-hybridized carbons (Fsp3) is 0.312. The third-order valence-electron chi connectivity index (χ3n) is 6.77. The summed E-state index contributed by atoms with van der Waals surface area (Å²) in [5.74, 6) is -1.65. The lowest BCUT2D eigenvalue weighted by Gasteiger charge is -2.24. The van der Waals surface area contributed by atoms with Gasteiger partial charge in [0, 0.05) is 46.6 Å². The lowest BCUT2D eigenvalue weighted by Crippen LogP contribution is -2.46. The second kappa shape index (κ2) is 15.8. The molecule has 44 heavy (non-hydrogen) atoms. The van der Waals surface area contributed by atoms with Gasteiger partial charge in [0.05, 0.1) is 12.1 Å². The minimum atomic E-state index is -1.15. The first-order valence-electron chi connectivity index (χ1n) is 14.3. The van der Waals surface area contributed by atoms with E-state index in [-0.39, 0.29) is 29.2 Å². The molecule has 12 heteroatoms. The summed E-state index contributed by atoms with van der Waals surface area (Å²) in [4.78, 5) is 32.7. The number of aliphatic hydroxyl groups excluding tert-OH is 1. The predicted molar refractivity (Wildman–Crippen MR) is 168 cm³/mol. The zero-order valence-electron chi connectivity index (χ0n) is 24.4. The summed E-state index contributed by atoms with van der Waals surface area (Å²) in [6.45, 7) is 5.19. The first-order valence-corrected chi connectivity index (χ1v) is 15.7. The van der Waals surface area contributed by atoms with Crippen LogP contribution in [-0.4, -0.2) is 68.0 Å². The Kier molecular flexibility index (Phi) is 11.9. The standard InChI is InChI=1S/C32H34ClF2N5O3S/c1-3-12-40(13-4-2)31(43)23-7-5-6-22(17-23)30(42)36-27(16-20-14-25(34)18-26(35)15-20)28(41)19-44-32-37-29(38-39-32)21-8-10-24(33)11-9-21/h5-11,14-15,17-18,27-28,41H,3-4,12-13,16,19H2,1-2H3,(H,36,42)(H,37,38,39)/t27?,28-/m1/s1. The number of carbonyl (C=O) groups is 2. The monoisotopic (exact) mass is 641 g/mol. The van der Waals surface area contributed by atoms with E-state index < -0.39 is 29.7 Å². The van der Waals surface area contributed by atoms with E-state index in [9.17, 15) is 23.5 Å². The Morgan fingerprint density at radius 3 is 2.32 bits per heavy atom. The minimum Gasteiger partial charge on any atom is -0.390 e. The molecule has 2 atom stereocenters. The number of hydrogen-bond donors (Lipinski definition) is 3. The van der Waals surface area contributed by atoms with Crippen molar-refractivity contribution in [2.45, 2.75) is 50.4 Å². The fourth-order valence-corrected chi connectivity index (χ4v) is 5.62. The first kappa shape index (κ1) is 33.1. The maximum Gasteiger partial charge on any atom is 0.253 e. The number of aliphatic hydroxyl groups is 1. The topological polar surface area (TPSA) is 111 Å². The van der Waals surface area contributed by atoms with E-state index in [4.69, 9.17) is 11.6 Å². The Balaban J connectivity index is 1.50. The SMILES string of the molecule is CCCN(CCC)C(=O)c1cccc(C(=O)NC(Cc2cc(F)cc(F)c2)[C@H](O)CSc2n[nH]c(-c3ccc(Cl)cc3)n2)c1. The van der Waals surface area contributed by atoms with Crippen molar-refractivity contribution >= 4 is 35.2 Å². The molecule has 8 nitrogen and oxygen atoms in total. The Bertz CT molecular complexity index is 1540. The van der Waals surface area contributed by atoms with Gasteiger partial charge < -0.3 is 15.3 Å². The molecule has 4 aromatic rings. The quantitative estimate of drug-likeness (QED) is 0.142. The van der Waals surface area contributed by atoms with E-state index >= 15 is 0 Å². The van der Waals surface area contributed by atoms with Crippen LogP contribution in [0.25, 0.3) is 11.4 Å². The third kappa shape index (κ3) is 9.10. The van der Waals surface area contributed by atoms with Crippen LogP contribution in [-0.2, 0) is 6.42 Å². The third-order valence-corrected chi connectivity index (χ3v) is 7.97. The van der Waals surface area contributed by atoms with E-state index in [1.54, 1.807) is 47.4 Å². The second-order valence-electron chi connectivity index (χ2n) is 10.3. The first-order chi connectivity index (χ1) is 21.2. The molecule has 0 fully saturated rings. The van der Waals surface area contributed by atoms with Crippen LogP contribution in [0.1, 0.15) is 53.0 Å². The summed E-state index contributed by atoms with van der Waals surface area (Å²) in [6.07, 6.45) is 0.411. The molecule has 0 saturated carbocycles. The van der Waals surface area contributed by atoms with Gasteiger partial charge in [-0.25, -0.2) is 13.8 Å². The lowest BCUT2D eigenvalue weighted by atomic mass is 10.0. The maximum absolute atomic E-state index is 14.0. The molecule has 1 unspecified atom stereocenters. The highest BCUT2D eigenvalue weighted by molar-refractivity contribution is 7.99. The van der Waals surface area contributed by atoms with E-state index in [2.05, 4.69) is 20.5 Å². The largest absolute Gasteiger partial charge is 0.390 e. The lowest BCUT2D eigenvalue weighted by molar-refractivity contribution is 0.0755. The van der Waals surface area contributed by atoms with Gasteiger partial charge in [-0.15, -0.1) is 5.10 Å². The number of halogens is 3. The Labute approximate surface area is 264 Å². The van der Waals surface area contributed by atoms with Crippen LogP contribution in [0.2, 0.25) is 5.02 Å². The molecule has 1 aromatic heterocycles. The zero-order valence-corrected chi connectivity index (χ0v) is 26.0. The molecule has 0 aliphatic heterocycles. The molecule has 0 aliphatic rings. The average Bonchev–Trinajstić information content (AvgIpc) is 3.48. The number of amides is 2. The Hall–Kier alpha value is -3.80. The minimum absolute atomic E-state index is 0.0500. The maximum atomic E-state index is 14.0. The van der Waals surface area contributed by atoms with Crippen molar-refractivity contribution in [1.82, 2.24) is 25.4 Å². The molecule has 3 N–H and O–H groups in total. The van der Waals surface area contributed by atoms with E-state index in [0.717, 1.165) is 48.4 Å². The van der Waals surface area contributed by atoms with Crippen molar-refractivity contribution in [2.75, 3.05) is 18.8 Å². The second-order valence-corrected chi connectivity index (χ2v) is 11.7. The zero-order chi connectivity index (χ0) is 31.6. The number of benzene rings is 3. The number of carbonyl (C=O) groups excluding carboxylic acids is 2. The number of aromatic amines is 1. The van der Waals surface area contributed by atoms with Gasteiger partial charge in [-0.2, -0.15) is 0 Å². The molecule has 4 rings (SSSR count).